The normalized spacial score (nSPS) is 28.2. The second-order valence-electron chi connectivity index (χ2n) is 7.50. The summed E-state index contributed by atoms with van der Waals surface area (Å²) in [5.41, 5.74) is 1.14. The standard InChI is InChI=1S/C20H31N3O2/c1-16-12-22(13-17(2)25-16)14-19-9-6-10-23(19)15-20(24)21-11-18-7-4-3-5-8-18/h3-5,7-8,16-17,19H,6,9-15H2,1-2H3,(H,21,24)/t16-,17-,19-/m1/s1. The number of ether oxygens (including phenoxy) is 1. The molecule has 2 saturated heterocycles. The lowest BCUT2D eigenvalue weighted by Gasteiger charge is -2.38. The van der Waals surface area contributed by atoms with E-state index in [1.54, 1.807) is 0 Å². The summed E-state index contributed by atoms with van der Waals surface area (Å²) in [6.07, 6.45) is 2.97. The predicted octanol–water partition coefficient (Wildman–Crippen LogP) is 1.88. The van der Waals surface area contributed by atoms with Gasteiger partial charge < -0.3 is 10.1 Å². The maximum Gasteiger partial charge on any atom is 0.234 e. The molecule has 1 N–H and O–H groups in total. The zero-order chi connectivity index (χ0) is 17.6. The van der Waals surface area contributed by atoms with Crippen molar-refractivity contribution in [2.24, 2.45) is 0 Å². The third-order valence-corrected chi connectivity index (χ3v) is 5.14. The summed E-state index contributed by atoms with van der Waals surface area (Å²) in [5.74, 6) is 0.125. The second-order valence-corrected chi connectivity index (χ2v) is 7.50. The molecule has 0 radical (unpaired) electrons. The highest BCUT2D eigenvalue weighted by Gasteiger charge is 2.30. The van der Waals surface area contributed by atoms with E-state index in [1.807, 2.05) is 30.3 Å². The van der Waals surface area contributed by atoms with Crippen molar-refractivity contribution in [3.8, 4) is 0 Å². The Hall–Kier alpha value is -1.43. The Bertz CT molecular complexity index is 541. The first-order chi connectivity index (χ1) is 12.1. The Morgan fingerprint density at radius 3 is 2.64 bits per heavy atom. The van der Waals surface area contributed by atoms with Gasteiger partial charge in [-0.25, -0.2) is 0 Å². The molecule has 0 bridgehead atoms. The molecule has 1 amide bonds. The van der Waals surface area contributed by atoms with E-state index >= 15 is 0 Å². The monoisotopic (exact) mass is 345 g/mol. The molecule has 3 atom stereocenters. The minimum atomic E-state index is 0.125. The number of morpholine rings is 1. The van der Waals surface area contributed by atoms with Crippen molar-refractivity contribution in [1.29, 1.82) is 0 Å². The van der Waals surface area contributed by atoms with Crippen molar-refractivity contribution in [2.45, 2.75) is 51.5 Å². The minimum Gasteiger partial charge on any atom is -0.373 e. The first-order valence-electron chi connectivity index (χ1n) is 9.52. The number of carbonyl (C=O) groups excluding carboxylic acids is 1. The summed E-state index contributed by atoms with van der Waals surface area (Å²) < 4.78 is 5.83. The van der Waals surface area contributed by atoms with Crippen LogP contribution in [0.3, 0.4) is 0 Å². The number of nitrogens with one attached hydrogen (secondary N) is 1. The molecule has 5 nitrogen and oxygen atoms in total. The van der Waals surface area contributed by atoms with Crippen molar-refractivity contribution in [1.82, 2.24) is 15.1 Å². The molecule has 0 unspecified atom stereocenters. The number of likely N-dealkylation sites (tertiary alicyclic amines) is 1. The van der Waals surface area contributed by atoms with Gasteiger partial charge >= 0.3 is 0 Å². The van der Waals surface area contributed by atoms with Crippen LogP contribution in [-0.4, -0.2) is 66.7 Å². The summed E-state index contributed by atoms with van der Waals surface area (Å²) in [5, 5.41) is 3.05. The van der Waals surface area contributed by atoms with Gasteiger partial charge in [-0.15, -0.1) is 0 Å². The lowest BCUT2D eigenvalue weighted by Crippen LogP contribution is -2.51. The molecule has 2 aliphatic rings. The Balaban J connectivity index is 1.45. The van der Waals surface area contributed by atoms with E-state index in [4.69, 9.17) is 4.74 Å². The topological polar surface area (TPSA) is 44.8 Å². The highest BCUT2D eigenvalue weighted by atomic mass is 16.5. The van der Waals surface area contributed by atoms with E-state index in [9.17, 15) is 4.79 Å². The van der Waals surface area contributed by atoms with E-state index < -0.39 is 0 Å². The van der Waals surface area contributed by atoms with Crippen LogP contribution in [0.5, 0.6) is 0 Å². The molecule has 2 fully saturated rings. The molecule has 0 saturated carbocycles. The summed E-state index contributed by atoms with van der Waals surface area (Å²) in [6, 6.07) is 10.6. The number of carbonyl (C=O) groups is 1. The highest BCUT2D eigenvalue weighted by Crippen LogP contribution is 2.20. The second kappa shape index (κ2) is 8.79. The smallest absolute Gasteiger partial charge is 0.234 e. The summed E-state index contributed by atoms with van der Waals surface area (Å²) in [6.45, 7) is 9.47. The summed E-state index contributed by atoms with van der Waals surface area (Å²) in [4.78, 5) is 17.2. The van der Waals surface area contributed by atoms with Crippen molar-refractivity contribution < 1.29 is 9.53 Å². The van der Waals surface area contributed by atoms with Crippen LogP contribution in [0.2, 0.25) is 0 Å². The minimum absolute atomic E-state index is 0.125. The van der Waals surface area contributed by atoms with Gasteiger partial charge in [-0.1, -0.05) is 30.3 Å². The maximum atomic E-state index is 12.3. The van der Waals surface area contributed by atoms with Crippen LogP contribution in [-0.2, 0) is 16.1 Å². The van der Waals surface area contributed by atoms with Gasteiger partial charge in [0.1, 0.15) is 0 Å². The van der Waals surface area contributed by atoms with Crippen LogP contribution in [0.25, 0.3) is 0 Å². The van der Waals surface area contributed by atoms with E-state index in [0.717, 1.165) is 31.7 Å². The van der Waals surface area contributed by atoms with Crippen LogP contribution in [0.1, 0.15) is 32.3 Å². The number of hydrogen-bond donors (Lipinski definition) is 1. The Morgan fingerprint density at radius 2 is 1.92 bits per heavy atom. The molecule has 5 heteroatoms. The lowest BCUT2D eigenvalue weighted by atomic mass is 10.1. The average molecular weight is 345 g/mol. The fraction of sp³-hybridized carbons (Fsp3) is 0.650. The third-order valence-electron chi connectivity index (χ3n) is 5.14. The molecule has 2 aliphatic heterocycles. The molecule has 0 spiro atoms. The van der Waals surface area contributed by atoms with E-state index in [0.29, 0.717) is 31.3 Å². The molecule has 2 heterocycles. The van der Waals surface area contributed by atoms with Crippen molar-refractivity contribution in [3.63, 3.8) is 0 Å². The number of amides is 1. The molecular formula is C20H31N3O2. The summed E-state index contributed by atoms with van der Waals surface area (Å²) in [7, 11) is 0. The van der Waals surface area contributed by atoms with E-state index in [2.05, 4.69) is 29.0 Å². The molecule has 25 heavy (non-hydrogen) atoms. The average Bonchev–Trinajstić information content (AvgIpc) is 3.00. The summed E-state index contributed by atoms with van der Waals surface area (Å²) >= 11 is 0. The quantitative estimate of drug-likeness (QED) is 0.855. The third kappa shape index (κ3) is 5.53. The van der Waals surface area contributed by atoms with Gasteiger partial charge in [0.2, 0.25) is 5.91 Å². The fourth-order valence-corrected chi connectivity index (χ4v) is 4.08. The van der Waals surface area contributed by atoms with E-state index in [-0.39, 0.29) is 5.91 Å². The van der Waals surface area contributed by atoms with Gasteiger partial charge in [-0.3, -0.25) is 14.6 Å². The Labute approximate surface area is 151 Å². The molecule has 1 aromatic carbocycles. The van der Waals surface area contributed by atoms with Gasteiger partial charge in [0.05, 0.1) is 18.8 Å². The molecule has 3 rings (SSSR count). The van der Waals surface area contributed by atoms with Crippen molar-refractivity contribution >= 4 is 5.91 Å². The van der Waals surface area contributed by atoms with Gasteiger partial charge in [0.15, 0.2) is 0 Å². The SMILES string of the molecule is C[C@@H]1CN(C[C@H]2CCCN2CC(=O)NCc2ccccc2)C[C@@H](C)O1. The Morgan fingerprint density at radius 1 is 1.20 bits per heavy atom. The zero-order valence-electron chi connectivity index (χ0n) is 15.5. The van der Waals surface area contributed by atoms with Crippen LogP contribution in [0.4, 0.5) is 0 Å². The Kier molecular flexibility index (Phi) is 6.45. The lowest BCUT2D eigenvalue weighted by molar-refractivity contribution is -0.123. The van der Waals surface area contributed by atoms with Gasteiger partial charge in [-0.05, 0) is 38.8 Å². The zero-order valence-corrected chi connectivity index (χ0v) is 15.5. The molecule has 0 aromatic heterocycles. The largest absolute Gasteiger partial charge is 0.373 e. The number of hydrogen-bond acceptors (Lipinski definition) is 4. The predicted molar refractivity (Wildman–Crippen MR) is 99.3 cm³/mol. The van der Waals surface area contributed by atoms with Gasteiger partial charge in [0, 0.05) is 32.2 Å². The molecule has 0 aliphatic carbocycles. The van der Waals surface area contributed by atoms with Crippen LogP contribution in [0, 0.1) is 0 Å². The molecule has 1 aromatic rings. The van der Waals surface area contributed by atoms with Crippen LogP contribution < -0.4 is 5.32 Å². The van der Waals surface area contributed by atoms with Crippen LogP contribution >= 0.6 is 0 Å². The van der Waals surface area contributed by atoms with E-state index in [1.165, 1.54) is 12.8 Å². The van der Waals surface area contributed by atoms with Crippen molar-refractivity contribution in [2.75, 3.05) is 32.7 Å². The molecular weight excluding hydrogens is 314 g/mol. The maximum absolute atomic E-state index is 12.3. The van der Waals surface area contributed by atoms with Gasteiger partial charge in [0.25, 0.3) is 0 Å². The number of rotatable bonds is 6. The van der Waals surface area contributed by atoms with Crippen LogP contribution in [0.15, 0.2) is 30.3 Å². The molecule has 138 valence electrons. The first-order valence-corrected chi connectivity index (χ1v) is 9.52. The first kappa shape index (κ1) is 18.4. The highest BCUT2D eigenvalue weighted by molar-refractivity contribution is 5.78. The van der Waals surface area contributed by atoms with Crippen molar-refractivity contribution in [3.05, 3.63) is 35.9 Å². The number of nitrogens with zero attached hydrogens (tertiary/aromatic N) is 2. The van der Waals surface area contributed by atoms with Gasteiger partial charge in [-0.2, -0.15) is 0 Å². The number of benzene rings is 1. The fourth-order valence-electron chi connectivity index (χ4n) is 4.08.